The molecule has 20 heteroatoms. The van der Waals surface area contributed by atoms with E-state index in [9.17, 15) is 74.3 Å². The average molecular weight is 502 g/mol. The molecule has 0 aliphatic heterocycles. The third kappa shape index (κ3) is 2.59. The molecule has 0 bridgehead atoms. The number of halogens is 15. The molecule has 0 heterocycles. The molecule has 0 spiro atoms. The van der Waals surface area contributed by atoms with E-state index in [0.717, 1.165) is 0 Å². The van der Waals surface area contributed by atoms with Crippen molar-refractivity contribution in [1.82, 2.24) is 0 Å². The fourth-order valence-corrected chi connectivity index (χ4v) is 3.05. The Morgan fingerprint density at radius 3 is 1.07 bits per heavy atom. The summed E-state index contributed by atoms with van der Waals surface area (Å²) in [7, 11) is -8.13. The molecule has 0 atom stereocenters. The van der Waals surface area contributed by atoms with Gasteiger partial charge in [0.1, 0.15) is 0 Å². The van der Waals surface area contributed by atoms with Gasteiger partial charge in [-0.1, -0.05) is 0 Å². The summed E-state index contributed by atoms with van der Waals surface area (Å²) in [6, 6.07) is 0. The first kappa shape index (κ1) is 28.5. The van der Waals surface area contributed by atoms with Crippen molar-refractivity contribution in [3.63, 3.8) is 0 Å². The van der Waals surface area contributed by atoms with E-state index in [1.54, 1.807) is 0 Å². The maximum atomic E-state index is 13.8. The molecule has 1 N–H and O–H groups in total. The van der Waals surface area contributed by atoms with Gasteiger partial charge in [0.15, 0.2) is 0 Å². The van der Waals surface area contributed by atoms with Gasteiger partial charge >= 0.3 is 108 Å². The Hall–Kier alpha value is 0.496. The van der Waals surface area contributed by atoms with Crippen LogP contribution in [0, 0.1) is 0 Å². The Morgan fingerprint density at radius 2 is 0.893 bits per heavy atom. The van der Waals surface area contributed by atoms with Gasteiger partial charge < -0.3 is 1.43 Å². The number of alkyl halides is 15. The number of rotatable bonds is 2. The van der Waals surface area contributed by atoms with Crippen LogP contribution in [0.1, 0.15) is 1.43 Å². The van der Waals surface area contributed by atoms with Crippen LogP contribution >= 0.6 is 0 Å². The van der Waals surface area contributed by atoms with E-state index < -0.39 is 56.6 Å². The Balaban J connectivity index is 0. The summed E-state index contributed by atoms with van der Waals surface area (Å²) < 4.78 is 225. The summed E-state index contributed by atoms with van der Waals surface area (Å²) in [6.07, 6.45) is -7.95. The van der Waals surface area contributed by atoms with E-state index in [1.165, 1.54) is 0 Å². The third-order valence-corrected chi connectivity index (χ3v) is 4.83. The molecule has 164 valence electrons. The van der Waals surface area contributed by atoms with Gasteiger partial charge in [-0.25, -0.2) is 8.78 Å². The molecule has 1 saturated carbocycles. The second kappa shape index (κ2) is 6.50. The molecule has 1 fully saturated rings. The maximum absolute atomic E-state index is 13.8. The van der Waals surface area contributed by atoms with Crippen LogP contribution in [0.15, 0.2) is 0 Å². The Kier molecular flexibility index (Phi) is 6.62. The van der Waals surface area contributed by atoms with Crippen molar-refractivity contribution in [3.05, 3.63) is 0 Å². The molecular formula is C8H2F15KO3S. The standard InChI is InChI=1S/C8HF15O3S.K.H/c9-1(4(14,15)8(21,22)23)2(10,11)5(16,17)7(20,27(24,25)26)6(18,19)3(1,12)13;;/h(H,24,25,26);;/q;+1;-1. The topological polar surface area (TPSA) is 54.4 Å². The second-order valence-corrected chi connectivity index (χ2v) is 6.61. The predicted octanol–water partition coefficient (Wildman–Crippen LogP) is 1.12. The minimum Gasteiger partial charge on any atom is -1.00 e. The number of hydrogen-bond acceptors (Lipinski definition) is 2. The van der Waals surface area contributed by atoms with Crippen LogP contribution in [0.25, 0.3) is 0 Å². The van der Waals surface area contributed by atoms with Gasteiger partial charge in [-0.05, 0) is 0 Å². The summed E-state index contributed by atoms with van der Waals surface area (Å²) in [6.45, 7) is 0. The summed E-state index contributed by atoms with van der Waals surface area (Å²) in [5.41, 5.74) is -8.60. The molecule has 3 nitrogen and oxygen atoms in total. The summed E-state index contributed by atoms with van der Waals surface area (Å²) in [5, 5.41) is -7.91. The van der Waals surface area contributed by atoms with Crippen LogP contribution < -0.4 is 51.4 Å². The summed E-state index contributed by atoms with van der Waals surface area (Å²) in [4.78, 5) is 0. The first-order chi connectivity index (χ1) is 11.2. The Morgan fingerprint density at radius 1 is 0.643 bits per heavy atom. The van der Waals surface area contributed by atoms with E-state index in [4.69, 9.17) is 4.55 Å². The molecule has 0 aromatic rings. The molecule has 0 aromatic carbocycles. The molecular weight excluding hydrogens is 500 g/mol. The van der Waals surface area contributed by atoms with Crippen LogP contribution in [-0.4, -0.2) is 59.4 Å². The smallest absolute Gasteiger partial charge is 1.00 e. The molecule has 1 aliphatic rings. The van der Waals surface area contributed by atoms with E-state index in [2.05, 4.69) is 0 Å². The van der Waals surface area contributed by atoms with Crippen molar-refractivity contribution in [2.75, 3.05) is 0 Å². The van der Waals surface area contributed by atoms with Crippen molar-refractivity contribution in [1.29, 1.82) is 0 Å². The monoisotopic (exact) mass is 502 g/mol. The quantitative estimate of drug-likeness (QED) is 0.350. The van der Waals surface area contributed by atoms with Gasteiger partial charge in [-0.2, -0.15) is 65.5 Å². The van der Waals surface area contributed by atoms with Crippen molar-refractivity contribution in [2.24, 2.45) is 0 Å². The fraction of sp³-hybridized carbons (Fsp3) is 1.00. The molecule has 1 aliphatic carbocycles. The van der Waals surface area contributed by atoms with Gasteiger partial charge in [0.05, 0.1) is 0 Å². The first-order valence-corrected chi connectivity index (χ1v) is 6.99. The van der Waals surface area contributed by atoms with Crippen LogP contribution in [0.4, 0.5) is 65.9 Å². The molecule has 0 amide bonds. The van der Waals surface area contributed by atoms with Crippen LogP contribution in [0.5, 0.6) is 0 Å². The third-order valence-electron chi connectivity index (χ3n) is 3.61. The SMILES string of the molecule is O=S(=O)(O)C1(F)C(F)(F)C(F)(F)C(F)(C(F)(F)C(F)(F)F)C(F)(F)C1(F)F.[H-].[K+]. The van der Waals surface area contributed by atoms with E-state index in [1.807, 2.05) is 0 Å². The van der Waals surface area contributed by atoms with E-state index >= 15 is 0 Å². The van der Waals surface area contributed by atoms with Gasteiger partial charge in [0.25, 0.3) is 0 Å². The normalized spacial score (nSPS) is 34.4. The Bertz CT molecular complexity index is 719. The minimum absolute atomic E-state index is 0. The van der Waals surface area contributed by atoms with Crippen molar-refractivity contribution < 1.29 is 132 Å². The van der Waals surface area contributed by atoms with E-state index in [0.29, 0.717) is 0 Å². The molecule has 0 unspecified atom stereocenters. The van der Waals surface area contributed by atoms with Gasteiger partial charge in [0.2, 0.25) is 0 Å². The molecule has 0 radical (unpaired) electrons. The molecule has 1 rings (SSSR count). The van der Waals surface area contributed by atoms with Gasteiger partial charge in [0, 0.05) is 0 Å². The van der Waals surface area contributed by atoms with Crippen molar-refractivity contribution >= 4 is 10.1 Å². The summed E-state index contributed by atoms with van der Waals surface area (Å²) in [5.74, 6) is -41.9. The van der Waals surface area contributed by atoms with Gasteiger partial charge in [-0.15, -0.1) is 0 Å². The van der Waals surface area contributed by atoms with Crippen LogP contribution in [0.2, 0.25) is 0 Å². The molecule has 0 saturated heterocycles. The zero-order chi connectivity index (χ0) is 22.5. The maximum Gasteiger partial charge on any atom is 1.00 e. The van der Waals surface area contributed by atoms with E-state index in [-0.39, 0.29) is 52.8 Å². The second-order valence-electron chi connectivity index (χ2n) is 5.10. The number of hydrogen-bond donors (Lipinski definition) is 1. The zero-order valence-corrected chi connectivity index (χ0v) is 16.3. The van der Waals surface area contributed by atoms with Gasteiger partial charge in [-0.3, -0.25) is 4.55 Å². The first-order valence-electron chi connectivity index (χ1n) is 5.55. The predicted molar refractivity (Wildman–Crippen MR) is 51.1 cm³/mol. The zero-order valence-electron chi connectivity index (χ0n) is 13.3. The largest absolute Gasteiger partial charge is 1.00 e. The fourth-order valence-electron chi connectivity index (χ4n) is 2.14. The van der Waals surface area contributed by atoms with Crippen molar-refractivity contribution in [3.8, 4) is 0 Å². The summed E-state index contributed by atoms with van der Waals surface area (Å²) >= 11 is 0. The van der Waals surface area contributed by atoms with Crippen LogP contribution in [0.3, 0.4) is 0 Å². The molecule has 28 heavy (non-hydrogen) atoms. The average Bonchev–Trinajstić information content (AvgIpc) is 2.40. The van der Waals surface area contributed by atoms with Crippen LogP contribution in [-0.2, 0) is 10.1 Å². The Labute approximate surface area is 187 Å². The van der Waals surface area contributed by atoms with Crippen molar-refractivity contribution in [2.45, 2.75) is 46.5 Å². The molecule has 0 aromatic heterocycles. The minimum atomic E-state index is -8.60.